The largest absolute Gasteiger partial charge is 0.368 e. The van der Waals surface area contributed by atoms with Gasteiger partial charge in [-0.3, -0.25) is 0 Å². The summed E-state index contributed by atoms with van der Waals surface area (Å²) in [5, 5.41) is 2.90. The van der Waals surface area contributed by atoms with Crippen LogP contribution in [-0.4, -0.2) is 24.6 Å². The van der Waals surface area contributed by atoms with Gasteiger partial charge in [0.1, 0.15) is 0 Å². The Bertz CT molecular complexity index is 437. The van der Waals surface area contributed by atoms with Crippen LogP contribution in [0.25, 0.3) is 0 Å². The zero-order valence-electron chi connectivity index (χ0n) is 11.5. The number of anilines is 2. The average molecular weight is 269 g/mol. The Hall–Kier alpha value is -1.39. The third-order valence-corrected chi connectivity index (χ3v) is 3.41. The number of piperidine rings is 1. The number of rotatable bonds is 4. The van der Waals surface area contributed by atoms with Gasteiger partial charge in [-0.2, -0.15) is 0 Å². The summed E-state index contributed by atoms with van der Waals surface area (Å²) < 4.78 is 27.5. The van der Waals surface area contributed by atoms with Crippen molar-refractivity contribution in [2.75, 3.05) is 29.9 Å². The monoisotopic (exact) mass is 269 g/mol. The molecule has 0 aliphatic carbocycles. The molecular weight excluding hydrogens is 248 g/mol. The molecule has 0 bridgehead atoms. The number of halogens is 2. The average Bonchev–Trinajstić information content (AvgIpc) is 2.38. The lowest BCUT2D eigenvalue weighted by atomic mass is 10.0. The minimum atomic E-state index is -0.625. The van der Waals surface area contributed by atoms with E-state index in [4.69, 9.17) is 0 Å². The first-order valence-electron chi connectivity index (χ1n) is 6.96. The number of pyridine rings is 1. The van der Waals surface area contributed by atoms with Gasteiger partial charge in [0.25, 0.3) is 0 Å². The molecule has 1 N–H and O–H groups in total. The van der Waals surface area contributed by atoms with Crippen molar-refractivity contribution >= 4 is 11.6 Å². The summed E-state index contributed by atoms with van der Waals surface area (Å²) in [6.45, 7) is 6.33. The highest BCUT2D eigenvalue weighted by atomic mass is 19.1. The van der Waals surface area contributed by atoms with E-state index in [0.29, 0.717) is 12.5 Å². The van der Waals surface area contributed by atoms with Crippen LogP contribution in [0.4, 0.5) is 20.4 Å². The van der Waals surface area contributed by atoms with E-state index in [9.17, 15) is 8.78 Å². The summed E-state index contributed by atoms with van der Waals surface area (Å²) >= 11 is 0. The van der Waals surface area contributed by atoms with Gasteiger partial charge in [-0.15, -0.1) is 0 Å². The van der Waals surface area contributed by atoms with Crippen molar-refractivity contribution in [3.63, 3.8) is 0 Å². The molecule has 19 heavy (non-hydrogen) atoms. The third-order valence-electron chi connectivity index (χ3n) is 3.41. The maximum Gasteiger partial charge on any atom is 0.168 e. The molecule has 1 unspecified atom stereocenters. The summed E-state index contributed by atoms with van der Waals surface area (Å²) in [6, 6.07) is 0.930. The maximum atomic E-state index is 13.9. The molecule has 1 saturated heterocycles. The highest BCUT2D eigenvalue weighted by molar-refractivity contribution is 5.49. The smallest absolute Gasteiger partial charge is 0.168 e. The van der Waals surface area contributed by atoms with Crippen molar-refractivity contribution in [1.29, 1.82) is 0 Å². The van der Waals surface area contributed by atoms with E-state index in [1.807, 2.05) is 11.8 Å². The fraction of sp³-hybridized carbons (Fsp3) is 0.643. The second kappa shape index (κ2) is 6.17. The fourth-order valence-electron chi connectivity index (χ4n) is 2.43. The van der Waals surface area contributed by atoms with Crippen molar-refractivity contribution in [3.05, 3.63) is 17.7 Å². The molecule has 2 heterocycles. The second-order valence-corrected chi connectivity index (χ2v) is 5.24. The fourth-order valence-corrected chi connectivity index (χ4v) is 2.43. The maximum absolute atomic E-state index is 13.9. The van der Waals surface area contributed by atoms with Gasteiger partial charge in [0, 0.05) is 25.7 Å². The number of nitrogens with zero attached hydrogens (tertiary/aromatic N) is 2. The minimum absolute atomic E-state index is 0.150. The van der Waals surface area contributed by atoms with E-state index >= 15 is 0 Å². The van der Waals surface area contributed by atoms with E-state index in [1.54, 1.807) is 0 Å². The predicted octanol–water partition coefficient (Wildman–Crippen LogP) is 3.42. The van der Waals surface area contributed by atoms with Gasteiger partial charge < -0.3 is 10.2 Å². The van der Waals surface area contributed by atoms with Gasteiger partial charge in [0.2, 0.25) is 0 Å². The van der Waals surface area contributed by atoms with Crippen molar-refractivity contribution in [3.8, 4) is 0 Å². The van der Waals surface area contributed by atoms with Crippen LogP contribution in [0, 0.1) is 17.6 Å². The molecular formula is C14H21F2N3. The van der Waals surface area contributed by atoms with E-state index in [0.717, 1.165) is 38.4 Å². The molecule has 0 spiro atoms. The molecule has 1 aromatic heterocycles. The minimum Gasteiger partial charge on any atom is -0.368 e. The highest BCUT2D eigenvalue weighted by Crippen LogP contribution is 2.26. The van der Waals surface area contributed by atoms with Crippen molar-refractivity contribution in [2.24, 2.45) is 5.92 Å². The molecule has 106 valence electrons. The van der Waals surface area contributed by atoms with Gasteiger partial charge in [0.15, 0.2) is 23.3 Å². The summed E-state index contributed by atoms with van der Waals surface area (Å²) in [4.78, 5) is 6.05. The molecule has 5 heteroatoms. The van der Waals surface area contributed by atoms with Crippen LogP contribution in [0.2, 0.25) is 0 Å². The number of hydrogen-bond donors (Lipinski definition) is 1. The highest BCUT2D eigenvalue weighted by Gasteiger charge is 2.22. The topological polar surface area (TPSA) is 28.2 Å². The standard InChI is InChI=1S/C14H21F2N3/c1-3-6-17-13-11(15)8-12(16)14(18-13)19-7-4-5-10(2)9-19/h8,10H,3-7,9H2,1-2H3,(H,17,18). The zero-order valence-corrected chi connectivity index (χ0v) is 11.5. The Labute approximate surface area is 113 Å². The number of aromatic nitrogens is 1. The van der Waals surface area contributed by atoms with Gasteiger partial charge in [-0.25, -0.2) is 13.8 Å². The van der Waals surface area contributed by atoms with Crippen LogP contribution in [0.5, 0.6) is 0 Å². The van der Waals surface area contributed by atoms with Crippen LogP contribution >= 0.6 is 0 Å². The summed E-state index contributed by atoms with van der Waals surface area (Å²) in [7, 11) is 0. The molecule has 1 aliphatic rings. The van der Waals surface area contributed by atoms with Crippen LogP contribution in [-0.2, 0) is 0 Å². The Morgan fingerprint density at radius 3 is 2.89 bits per heavy atom. The van der Waals surface area contributed by atoms with Crippen LogP contribution in [0.15, 0.2) is 6.07 Å². The van der Waals surface area contributed by atoms with E-state index in [2.05, 4.69) is 17.2 Å². The summed E-state index contributed by atoms with van der Waals surface area (Å²) in [5.74, 6) is -0.261. The van der Waals surface area contributed by atoms with Crippen LogP contribution in [0.3, 0.4) is 0 Å². The van der Waals surface area contributed by atoms with Crippen molar-refractivity contribution < 1.29 is 8.78 Å². The normalized spacial score (nSPS) is 19.6. The predicted molar refractivity (Wildman–Crippen MR) is 73.5 cm³/mol. The number of nitrogens with one attached hydrogen (secondary N) is 1. The van der Waals surface area contributed by atoms with Crippen LogP contribution < -0.4 is 10.2 Å². The summed E-state index contributed by atoms with van der Waals surface area (Å²) in [6.07, 6.45) is 3.05. The molecule has 1 aromatic rings. The lowest BCUT2D eigenvalue weighted by Crippen LogP contribution is -2.35. The first-order chi connectivity index (χ1) is 9.11. The second-order valence-electron chi connectivity index (χ2n) is 5.24. The SMILES string of the molecule is CCCNc1nc(N2CCCC(C)C2)c(F)cc1F. The van der Waals surface area contributed by atoms with E-state index < -0.39 is 11.6 Å². The zero-order chi connectivity index (χ0) is 13.8. The van der Waals surface area contributed by atoms with Gasteiger partial charge in [0.05, 0.1) is 0 Å². The molecule has 0 saturated carbocycles. The lowest BCUT2D eigenvalue weighted by Gasteiger charge is -2.32. The number of hydrogen-bond acceptors (Lipinski definition) is 3. The van der Waals surface area contributed by atoms with Crippen molar-refractivity contribution in [2.45, 2.75) is 33.1 Å². The molecule has 1 fully saturated rings. The van der Waals surface area contributed by atoms with Gasteiger partial charge in [-0.05, 0) is 25.2 Å². The Morgan fingerprint density at radius 1 is 1.42 bits per heavy atom. The van der Waals surface area contributed by atoms with Gasteiger partial charge >= 0.3 is 0 Å². The van der Waals surface area contributed by atoms with Gasteiger partial charge in [-0.1, -0.05) is 13.8 Å². The molecule has 2 rings (SSSR count). The third kappa shape index (κ3) is 3.33. The Kier molecular flexibility index (Phi) is 4.56. The molecule has 1 atom stereocenters. The lowest BCUT2D eigenvalue weighted by molar-refractivity contribution is 0.438. The van der Waals surface area contributed by atoms with Crippen LogP contribution in [0.1, 0.15) is 33.1 Å². The quantitative estimate of drug-likeness (QED) is 0.907. The molecule has 0 amide bonds. The molecule has 0 radical (unpaired) electrons. The first kappa shape index (κ1) is 14.0. The Morgan fingerprint density at radius 2 is 2.21 bits per heavy atom. The summed E-state index contributed by atoms with van der Waals surface area (Å²) in [5.41, 5.74) is 0. The van der Waals surface area contributed by atoms with E-state index in [1.165, 1.54) is 0 Å². The van der Waals surface area contributed by atoms with Crippen molar-refractivity contribution in [1.82, 2.24) is 4.98 Å². The molecule has 3 nitrogen and oxygen atoms in total. The van der Waals surface area contributed by atoms with E-state index in [-0.39, 0.29) is 11.6 Å². The molecule has 1 aliphatic heterocycles. The first-order valence-corrected chi connectivity index (χ1v) is 6.96. The Balaban J connectivity index is 2.23. The molecule has 0 aromatic carbocycles.